The molecule has 1 aromatic rings. The maximum Gasteiger partial charge on any atom is 0.220 e. The topological polar surface area (TPSA) is 62.5 Å². The molecular formula is C11H17NO3. The zero-order valence-corrected chi connectivity index (χ0v) is 8.74. The van der Waals surface area contributed by atoms with Gasteiger partial charge >= 0.3 is 0 Å². The Morgan fingerprint density at radius 2 is 2.27 bits per heavy atom. The SMILES string of the molecule is O=C(CCCCCO)NCc1ccco1. The summed E-state index contributed by atoms with van der Waals surface area (Å²) in [6.45, 7) is 0.653. The molecule has 0 aliphatic rings. The third kappa shape index (κ3) is 5.22. The van der Waals surface area contributed by atoms with Gasteiger partial charge in [0.25, 0.3) is 0 Å². The minimum absolute atomic E-state index is 0.0318. The van der Waals surface area contributed by atoms with E-state index in [1.54, 1.807) is 12.3 Å². The smallest absolute Gasteiger partial charge is 0.220 e. The van der Waals surface area contributed by atoms with E-state index < -0.39 is 0 Å². The first-order valence-corrected chi connectivity index (χ1v) is 5.23. The predicted molar refractivity (Wildman–Crippen MR) is 56.1 cm³/mol. The quantitative estimate of drug-likeness (QED) is 0.671. The monoisotopic (exact) mass is 211 g/mol. The third-order valence-corrected chi connectivity index (χ3v) is 2.10. The lowest BCUT2D eigenvalue weighted by atomic mass is 10.2. The Morgan fingerprint density at radius 1 is 1.40 bits per heavy atom. The molecule has 0 saturated carbocycles. The zero-order valence-electron chi connectivity index (χ0n) is 8.74. The molecule has 0 fully saturated rings. The molecule has 1 amide bonds. The van der Waals surface area contributed by atoms with Gasteiger partial charge in [-0.05, 0) is 25.0 Å². The molecule has 4 nitrogen and oxygen atoms in total. The van der Waals surface area contributed by atoms with Crippen LogP contribution < -0.4 is 5.32 Å². The summed E-state index contributed by atoms with van der Waals surface area (Å²) in [7, 11) is 0. The van der Waals surface area contributed by atoms with Crippen LogP contribution in [0.15, 0.2) is 22.8 Å². The van der Waals surface area contributed by atoms with Crippen LogP contribution in [-0.4, -0.2) is 17.6 Å². The molecule has 0 aliphatic heterocycles. The van der Waals surface area contributed by atoms with Gasteiger partial charge in [-0.15, -0.1) is 0 Å². The number of aliphatic hydroxyl groups excluding tert-OH is 1. The second-order valence-corrected chi connectivity index (χ2v) is 3.39. The van der Waals surface area contributed by atoms with Gasteiger partial charge < -0.3 is 14.8 Å². The lowest BCUT2D eigenvalue weighted by Crippen LogP contribution is -2.21. The summed E-state index contributed by atoms with van der Waals surface area (Å²) in [6.07, 6.45) is 4.59. The molecule has 1 heterocycles. The van der Waals surface area contributed by atoms with E-state index in [1.807, 2.05) is 6.07 Å². The van der Waals surface area contributed by atoms with E-state index in [0.29, 0.717) is 13.0 Å². The largest absolute Gasteiger partial charge is 0.467 e. The van der Waals surface area contributed by atoms with Crippen molar-refractivity contribution in [2.45, 2.75) is 32.2 Å². The first-order chi connectivity index (χ1) is 7.33. The van der Waals surface area contributed by atoms with Crippen LogP contribution in [0, 0.1) is 0 Å². The minimum atomic E-state index is 0.0318. The predicted octanol–water partition coefficient (Wildman–Crippen LogP) is 1.45. The molecule has 0 saturated heterocycles. The van der Waals surface area contributed by atoms with E-state index in [2.05, 4.69) is 5.32 Å². The Bertz CT molecular complexity index is 269. The summed E-state index contributed by atoms with van der Waals surface area (Å²) < 4.78 is 5.08. The highest BCUT2D eigenvalue weighted by Crippen LogP contribution is 2.01. The fraction of sp³-hybridized carbons (Fsp3) is 0.545. The van der Waals surface area contributed by atoms with Gasteiger partial charge in [0.1, 0.15) is 5.76 Å². The van der Waals surface area contributed by atoms with E-state index in [-0.39, 0.29) is 12.5 Å². The summed E-state index contributed by atoms with van der Waals surface area (Å²) in [5.41, 5.74) is 0. The van der Waals surface area contributed by atoms with Crippen molar-refractivity contribution in [3.63, 3.8) is 0 Å². The first-order valence-electron chi connectivity index (χ1n) is 5.23. The molecule has 84 valence electrons. The van der Waals surface area contributed by atoms with E-state index in [4.69, 9.17) is 9.52 Å². The molecule has 0 aliphatic carbocycles. The summed E-state index contributed by atoms with van der Waals surface area (Å²) in [5, 5.41) is 11.3. The van der Waals surface area contributed by atoms with Crippen LogP contribution in [-0.2, 0) is 11.3 Å². The number of rotatable bonds is 7. The molecule has 0 bridgehead atoms. The second kappa shape index (κ2) is 7.06. The number of carbonyl (C=O) groups excluding carboxylic acids is 1. The highest BCUT2D eigenvalue weighted by Gasteiger charge is 2.01. The molecule has 1 rings (SSSR count). The summed E-state index contributed by atoms with van der Waals surface area (Å²) in [4.78, 5) is 11.3. The van der Waals surface area contributed by atoms with Gasteiger partial charge in [-0.2, -0.15) is 0 Å². The second-order valence-electron chi connectivity index (χ2n) is 3.39. The van der Waals surface area contributed by atoms with Crippen LogP contribution in [0.25, 0.3) is 0 Å². The van der Waals surface area contributed by atoms with Crippen molar-refractivity contribution in [2.24, 2.45) is 0 Å². The maximum absolute atomic E-state index is 11.3. The fourth-order valence-corrected chi connectivity index (χ4v) is 1.26. The highest BCUT2D eigenvalue weighted by atomic mass is 16.3. The molecule has 0 unspecified atom stereocenters. The summed E-state index contributed by atoms with van der Waals surface area (Å²) >= 11 is 0. The average molecular weight is 211 g/mol. The van der Waals surface area contributed by atoms with E-state index in [0.717, 1.165) is 25.0 Å². The van der Waals surface area contributed by atoms with Gasteiger partial charge in [0.2, 0.25) is 5.91 Å². The van der Waals surface area contributed by atoms with E-state index >= 15 is 0 Å². The number of hydrogen-bond acceptors (Lipinski definition) is 3. The Morgan fingerprint density at radius 3 is 2.93 bits per heavy atom. The number of aliphatic hydroxyl groups is 1. The normalized spacial score (nSPS) is 10.2. The van der Waals surface area contributed by atoms with Crippen molar-refractivity contribution >= 4 is 5.91 Å². The van der Waals surface area contributed by atoms with Gasteiger partial charge in [0.05, 0.1) is 12.8 Å². The molecule has 15 heavy (non-hydrogen) atoms. The van der Waals surface area contributed by atoms with Crippen LogP contribution in [0.1, 0.15) is 31.4 Å². The van der Waals surface area contributed by atoms with Gasteiger partial charge in [0.15, 0.2) is 0 Å². The van der Waals surface area contributed by atoms with Crippen molar-refractivity contribution in [1.29, 1.82) is 0 Å². The van der Waals surface area contributed by atoms with Crippen LogP contribution in [0.4, 0.5) is 0 Å². The van der Waals surface area contributed by atoms with Crippen molar-refractivity contribution in [2.75, 3.05) is 6.61 Å². The molecule has 4 heteroatoms. The van der Waals surface area contributed by atoms with Crippen molar-refractivity contribution in [3.05, 3.63) is 24.2 Å². The van der Waals surface area contributed by atoms with Crippen LogP contribution in [0.3, 0.4) is 0 Å². The molecule has 0 radical (unpaired) electrons. The maximum atomic E-state index is 11.3. The van der Waals surface area contributed by atoms with Crippen LogP contribution in [0.2, 0.25) is 0 Å². The number of nitrogens with one attached hydrogen (secondary N) is 1. The molecule has 0 atom stereocenters. The fourth-order valence-electron chi connectivity index (χ4n) is 1.26. The summed E-state index contributed by atoms with van der Waals surface area (Å²) in [5.74, 6) is 0.794. The van der Waals surface area contributed by atoms with E-state index in [1.165, 1.54) is 0 Å². The first kappa shape index (κ1) is 11.8. The molecular weight excluding hydrogens is 194 g/mol. The standard InChI is InChI=1S/C11H17NO3/c13-7-3-1-2-6-11(14)12-9-10-5-4-8-15-10/h4-5,8,13H,1-3,6-7,9H2,(H,12,14). The number of unbranched alkanes of at least 4 members (excludes halogenated alkanes) is 2. The van der Waals surface area contributed by atoms with Gasteiger partial charge in [-0.25, -0.2) is 0 Å². The number of furan rings is 1. The van der Waals surface area contributed by atoms with Crippen molar-refractivity contribution in [1.82, 2.24) is 5.32 Å². The highest BCUT2D eigenvalue weighted by molar-refractivity contribution is 5.75. The van der Waals surface area contributed by atoms with Gasteiger partial charge in [-0.1, -0.05) is 6.42 Å². The van der Waals surface area contributed by atoms with E-state index in [9.17, 15) is 4.79 Å². The molecule has 0 aromatic carbocycles. The number of amides is 1. The van der Waals surface area contributed by atoms with Crippen LogP contribution >= 0.6 is 0 Å². The third-order valence-electron chi connectivity index (χ3n) is 2.10. The molecule has 0 spiro atoms. The van der Waals surface area contributed by atoms with Gasteiger partial charge in [0, 0.05) is 13.0 Å². The Labute approximate surface area is 89.3 Å². The minimum Gasteiger partial charge on any atom is -0.467 e. The Balaban J connectivity index is 2.04. The lowest BCUT2D eigenvalue weighted by molar-refractivity contribution is -0.121. The average Bonchev–Trinajstić information content (AvgIpc) is 2.74. The van der Waals surface area contributed by atoms with Gasteiger partial charge in [-0.3, -0.25) is 4.79 Å². The Hall–Kier alpha value is -1.29. The number of hydrogen-bond donors (Lipinski definition) is 2. The summed E-state index contributed by atoms with van der Waals surface area (Å²) in [6, 6.07) is 3.62. The van der Waals surface area contributed by atoms with Crippen molar-refractivity contribution in [3.8, 4) is 0 Å². The lowest BCUT2D eigenvalue weighted by Gasteiger charge is -2.02. The Kier molecular flexibility index (Phi) is 5.55. The van der Waals surface area contributed by atoms with Crippen molar-refractivity contribution < 1.29 is 14.3 Å². The molecule has 2 N–H and O–H groups in total. The number of carbonyl (C=O) groups is 1. The zero-order chi connectivity index (χ0) is 10.9. The van der Waals surface area contributed by atoms with Crippen LogP contribution in [0.5, 0.6) is 0 Å². The molecule has 1 aromatic heterocycles.